The first-order chi connectivity index (χ1) is 7.86. The third-order valence-electron chi connectivity index (χ3n) is 2.68. The second-order valence-corrected chi connectivity index (χ2v) is 4.12. The average Bonchev–Trinajstić information content (AvgIpc) is 2.34. The van der Waals surface area contributed by atoms with Crippen LogP contribution in [-0.2, 0) is 11.3 Å². The van der Waals surface area contributed by atoms with Crippen LogP contribution in [0.4, 0.5) is 0 Å². The SMILES string of the molecule is CCCCCCN(C=O)Cc1ccccc1. The van der Waals surface area contributed by atoms with Gasteiger partial charge in [-0.2, -0.15) is 0 Å². The highest BCUT2D eigenvalue weighted by Crippen LogP contribution is 2.05. The van der Waals surface area contributed by atoms with E-state index in [-0.39, 0.29) is 0 Å². The highest BCUT2D eigenvalue weighted by atomic mass is 16.1. The standard InChI is InChI=1S/C14H21NO/c1-2-3-4-8-11-15(13-16)12-14-9-6-5-7-10-14/h5-7,9-10,13H,2-4,8,11-12H2,1H3. The van der Waals surface area contributed by atoms with E-state index in [0.29, 0.717) is 0 Å². The van der Waals surface area contributed by atoms with E-state index in [0.717, 1.165) is 25.9 Å². The van der Waals surface area contributed by atoms with Gasteiger partial charge in [0.05, 0.1) is 0 Å². The Kier molecular flexibility index (Phi) is 6.31. The van der Waals surface area contributed by atoms with Gasteiger partial charge in [0.25, 0.3) is 0 Å². The molecule has 0 heterocycles. The topological polar surface area (TPSA) is 20.3 Å². The molecular formula is C14H21NO. The smallest absolute Gasteiger partial charge is 0.210 e. The maximum Gasteiger partial charge on any atom is 0.210 e. The van der Waals surface area contributed by atoms with Crippen molar-refractivity contribution in [1.29, 1.82) is 0 Å². The van der Waals surface area contributed by atoms with Crippen molar-refractivity contribution in [3.05, 3.63) is 35.9 Å². The highest BCUT2D eigenvalue weighted by Gasteiger charge is 2.01. The number of hydrogen-bond donors (Lipinski definition) is 0. The van der Waals surface area contributed by atoms with Crippen LogP contribution >= 0.6 is 0 Å². The summed E-state index contributed by atoms with van der Waals surface area (Å²) in [6.07, 6.45) is 5.78. The van der Waals surface area contributed by atoms with Crippen LogP contribution in [0.2, 0.25) is 0 Å². The lowest BCUT2D eigenvalue weighted by Gasteiger charge is -2.17. The summed E-state index contributed by atoms with van der Waals surface area (Å²) in [7, 11) is 0. The Labute approximate surface area is 98.3 Å². The summed E-state index contributed by atoms with van der Waals surface area (Å²) in [5, 5.41) is 0. The quantitative estimate of drug-likeness (QED) is 0.485. The molecule has 0 radical (unpaired) electrons. The molecule has 1 aromatic carbocycles. The predicted molar refractivity (Wildman–Crippen MR) is 67.1 cm³/mol. The highest BCUT2D eigenvalue weighted by molar-refractivity contribution is 5.47. The molecule has 0 aromatic heterocycles. The van der Waals surface area contributed by atoms with Gasteiger partial charge in [-0.3, -0.25) is 4.79 Å². The van der Waals surface area contributed by atoms with Crippen LogP contribution in [0.5, 0.6) is 0 Å². The Balaban J connectivity index is 2.29. The van der Waals surface area contributed by atoms with E-state index >= 15 is 0 Å². The van der Waals surface area contributed by atoms with Gasteiger partial charge in [0.2, 0.25) is 6.41 Å². The molecular weight excluding hydrogens is 198 g/mol. The maximum absolute atomic E-state index is 10.9. The molecule has 0 N–H and O–H groups in total. The van der Waals surface area contributed by atoms with Gasteiger partial charge in [-0.1, -0.05) is 56.5 Å². The molecule has 2 heteroatoms. The van der Waals surface area contributed by atoms with Crippen LogP contribution in [0.3, 0.4) is 0 Å². The molecule has 0 aliphatic heterocycles. The van der Waals surface area contributed by atoms with E-state index in [2.05, 4.69) is 19.1 Å². The van der Waals surface area contributed by atoms with E-state index in [1.165, 1.54) is 24.8 Å². The van der Waals surface area contributed by atoms with Crippen LogP contribution in [0.1, 0.15) is 38.2 Å². The average molecular weight is 219 g/mol. The Morgan fingerprint density at radius 2 is 1.88 bits per heavy atom. The second-order valence-electron chi connectivity index (χ2n) is 4.12. The minimum absolute atomic E-state index is 0.733. The van der Waals surface area contributed by atoms with Crippen molar-refractivity contribution in [3.8, 4) is 0 Å². The number of unbranched alkanes of at least 4 members (excludes halogenated alkanes) is 3. The number of amides is 1. The monoisotopic (exact) mass is 219 g/mol. The number of benzene rings is 1. The predicted octanol–water partition coefficient (Wildman–Crippen LogP) is 3.23. The van der Waals surface area contributed by atoms with Crippen molar-refractivity contribution < 1.29 is 4.79 Å². The first-order valence-electron chi connectivity index (χ1n) is 6.10. The van der Waals surface area contributed by atoms with Gasteiger partial charge in [0.15, 0.2) is 0 Å². The van der Waals surface area contributed by atoms with Crippen molar-refractivity contribution >= 4 is 6.41 Å². The third-order valence-corrected chi connectivity index (χ3v) is 2.68. The fourth-order valence-electron chi connectivity index (χ4n) is 1.73. The fourth-order valence-corrected chi connectivity index (χ4v) is 1.73. The summed E-state index contributed by atoms with van der Waals surface area (Å²) >= 11 is 0. The zero-order chi connectivity index (χ0) is 11.6. The Bertz CT molecular complexity index is 284. The first-order valence-corrected chi connectivity index (χ1v) is 6.10. The molecule has 16 heavy (non-hydrogen) atoms. The number of nitrogens with zero attached hydrogens (tertiary/aromatic N) is 1. The van der Waals surface area contributed by atoms with Gasteiger partial charge in [0, 0.05) is 13.1 Å². The van der Waals surface area contributed by atoms with E-state index in [1.807, 2.05) is 23.1 Å². The summed E-state index contributed by atoms with van der Waals surface area (Å²) in [5.74, 6) is 0. The molecule has 0 atom stereocenters. The molecule has 0 saturated carbocycles. The van der Waals surface area contributed by atoms with Crippen molar-refractivity contribution in [3.63, 3.8) is 0 Å². The van der Waals surface area contributed by atoms with E-state index in [1.54, 1.807) is 0 Å². The molecule has 1 amide bonds. The second kappa shape index (κ2) is 7.91. The lowest BCUT2D eigenvalue weighted by atomic mass is 10.2. The molecule has 0 saturated heterocycles. The normalized spacial score (nSPS) is 10.1. The number of carbonyl (C=O) groups excluding carboxylic acids is 1. The summed E-state index contributed by atoms with van der Waals surface area (Å²) < 4.78 is 0. The van der Waals surface area contributed by atoms with Gasteiger partial charge in [0.1, 0.15) is 0 Å². The maximum atomic E-state index is 10.9. The molecule has 0 spiro atoms. The minimum atomic E-state index is 0.733. The van der Waals surface area contributed by atoms with Crippen molar-refractivity contribution in [2.75, 3.05) is 6.54 Å². The number of hydrogen-bond acceptors (Lipinski definition) is 1. The number of carbonyl (C=O) groups is 1. The van der Waals surface area contributed by atoms with Gasteiger partial charge in [-0.15, -0.1) is 0 Å². The summed E-state index contributed by atoms with van der Waals surface area (Å²) in [6, 6.07) is 10.1. The Morgan fingerprint density at radius 1 is 1.12 bits per heavy atom. The van der Waals surface area contributed by atoms with Gasteiger partial charge >= 0.3 is 0 Å². The molecule has 1 aromatic rings. The zero-order valence-electron chi connectivity index (χ0n) is 10.1. The van der Waals surface area contributed by atoms with Gasteiger partial charge < -0.3 is 4.90 Å². The molecule has 2 nitrogen and oxygen atoms in total. The first kappa shape index (κ1) is 12.8. The van der Waals surface area contributed by atoms with Crippen LogP contribution < -0.4 is 0 Å². The van der Waals surface area contributed by atoms with Crippen LogP contribution in [-0.4, -0.2) is 17.9 Å². The number of rotatable bonds is 8. The molecule has 1 rings (SSSR count). The van der Waals surface area contributed by atoms with Crippen molar-refractivity contribution in [2.45, 2.75) is 39.2 Å². The van der Waals surface area contributed by atoms with E-state index in [9.17, 15) is 4.79 Å². The molecule has 0 unspecified atom stereocenters. The fraction of sp³-hybridized carbons (Fsp3) is 0.500. The Morgan fingerprint density at radius 3 is 2.50 bits per heavy atom. The summed E-state index contributed by atoms with van der Waals surface area (Å²) in [6.45, 7) is 3.80. The van der Waals surface area contributed by atoms with Gasteiger partial charge in [-0.05, 0) is 12.0 Å². The lowest BCUT2D eigenvalue weighted by Crippen LogP contribution is -2.22. The molecule has 0 aliphatic carbocycles. The summed E-state index contributed by atoms with van der Waals surface area (Å²) in [5.41, 5.74) is 1.20. The molecule has 0 bridgehead atoms. The van der Waals surface area contributed by atoms with Crippen LogP contribution in [0, 0.1) is 0 Å². The van der Waals surface area contributed by atoms with Gasteiger partial charge in [-0.25, -0.2) is 0 Å². The lowest BCUT2D eigenvalue weighted by molar-refractivity contribution is -0.118. The van der Waals surface area contributed by atoms with E-state index < -0.39 is 0 Å². The van der Waals surface area contributed by atoms with E-state index in [4.69, 9.17) is 0 Å². The summed E-state index contributed by atoms with van der Waals surface area (Å²) in [4.78, 5) is 12.8. The zero-order valence-corrected chi connectivity index (χ0v) is 10.1. The molecule has 88 valence electrons. The third kappa shape index (κ3) is 4.96. The molecule has 0 fully saturated rings. The largest absolute Gasteiger partial charge is 0.341 e. The van der Waals surface area contributed by atoms with Crippen LogP contribution in [0.25, 0.3) is 0 Å². The van der Waals surface area contributed by atoms with Crippen molar-refractivity contribution in [2.24, 2.45) is 0 Å². The Hall–Kier alpha value is -1.31. The van der Waals surface area contributed by atoms with Crippen molar-refractivity contribution in [1.82, 2.24) is 4.90 Å². The minimum Gasteiger partial charge on any atom is -0.341 e. The molecule has 0 aliphatic rings. The van der Waals surface area contributed by atoms with Crippen LogP contribution in [0.15, 0.2) is 30.3 Å².